The topological polar surface area (TPSA) is 43.6 Å². The van der Waals surface area contributed by atoms with Crippen LogP contribution < -0.4 is 20.1 Å². The van der Waals surface area contributed by atoms with Gasteiger partial charge in [0.2, 0.25) is 5.36 Å². The van der Waals surface area contributed by atoms with Crippen LogP contribution >= 0.6 is 0 Å². The monoisotopic (exact) mass is 658 g/mol. The van der Waals surface area contributed by atoms with Crippen molar-refractivity contribution in [2.45, 2.75) is 111 Å². The molecule has 1 amide bonds. The zero-order valence-corrected chi connectivity index (χ0v) is 31.3. The molecule has 1 aliphatic carbocycles. The van der Waals surface area contributed by atoms with Crippen molar-refractivity contribution in [1.29, 1.82) is 0 Å². The molecule has 0 atom stereocenters. The molecule has 0 fully saturated rings. The summed E-state index contributed by atoms with van der Waals surface area (Å²) in [4.78, 5) is 31.2. The molecule has 0 unspecified atom stereocenters. The molecule has 3 aromatic carbocycles. The van der Waals surface area contributed by atoms with Crippen LogP contribution in [0.2, 0.25) is 0 Å². The first-order valence-electron chi connectivity index (χ1n) is 19.0. The number of nitrogens with zero attached hydrogens (tertiary/aromatic N) is 3. The number of hydrogen-bond acceptors (Lipinski definition) is 3. The zero-order valence-electron chi connectivity index (χ0n) is 31.3. The second kappa shape index (κ2) is 12.5. The lowest BCUT2D eigenvalue weighted by Crippen LogP contribution is -2.49. The predicted molar refractivity (Wildman–Crippen MR) is 201 cm³/mol. The average Bonchev–Trinajstić information content (AvgIpc) is 3.07. The largest absolute Gasteiger partial charge is 0.366 e. The van der Waals surface area contributed by atoms with E-state index in [1.54, 1.807) is 0 Å². The molecule has 49 heavy (non-hydrogen) atoms. The molecular weight excluding hydrogens is 603 g/mol. The van der Waals surface area contributed by atoms with E-state index >= 15 is 0 Å². The summed E-state index contributed by atoms with van der Waals surface area (Å²) in [5.41, 5.74) is 12.8. The fourth-order valence-electron chi connectivity index (χ4n) is 9.62. The van der Waals surface area contributed by atoms with Gasteiger partial charge >= 0.3 is 0 Å². The standard InChI is InChI=1S/C44H56N3O2/c1-9-47-37-27-36-34(25-29(37)20-21-43(47,4)5)39(31-16-10-11-17-32(31)42(49)45(8)22-14-19-38(48)28(2)3)35-26-30-15-12-23-46-24-13-18-33(41(30)46)40(35)44(36,6)7/h10-11,16-17,25-28H,9,12-15,18-24H2,1-8H3/q+1. The summed E-state index contributed by atoms with van der Waals surface area (Å²) in [6.07, 6.45) is 7.94. The fourth-order valence-corrected chi connectivity index (χ4v) is 9.62. The molecule has 3 aliphatic heterocycles. The fraction of sp³-hybridized carbons (Fsp3) is 0.523. The van der Waals surface area contributed by atoms with E-state index in [9.17, 15) is 9.59 Å². The van der Waals surface area contributed by atoms with Crippen LogP contribution in [0, 0.1) is 5.92 Å². The summed E-state index contributed by atoms with van der Waals surface area (Å²) in [5, 5.41) is 2.82. The Morgan fingerprint density at radius 3 is 2.41 bits per heavy atom. The van der Waals surface area contributed by atoms with Gasteiger partial charge in [-0.2, -0.15) is 0 Å². The van der Waals surface area contributed by atoms with E-state index in [-0.39, 0.29) is 28.6 Å². The van der Waals surface area contributed by atoms with E-state index in [2.05, 4.69) is 74.4 Å². The molecule has 0 N–H and O–H groups in total. The minimum absolute atomic E-state index is 0.0235. The van der Waals surface area contributed by atoms with E-state index in [0.717, 1.165) is 56.4 Å². The van der Waals surface area contributed by atoms with Crippen LogP contribution in [-0.2, 0) is 29.5 Å². The summed E-state index contributed by atoms with van der Waals surface area (Å²) in [6.45, 7) is 19.7. The van der Waals surface area contributed by atoms with Crippen molar-refractivity contribution in [2.75, 3.05) is 38.1 Å². The Hall–Kier alpha value is -3.73. The number of benzene rings is 3. The Balaban J connectivity index is 1.49. The highest BCUT2D eigenvalue weighted by Crippen LogP contribution is 2.47. The molecule has 3 aromatic rings. The van der Waals surface area contributed by atoms with Crippen LogP contribution in [0.4, 0.5) is 5.69 Å². The number of ketones is 1. The van der Waals surface area contributed by atoms with Gasteiger partial charge in [0.1, 0.15) is 18.9 Å². The molecule has 0 spiro atoms. The van der Waals surface area contributed by atoms with Crippen molar-refractivity contribution in [1.82, 2.24) is 9.48 Å². The van der Waals surface area contributed by atoms with Crippen molar-refractivity contribution in [3.05, 3.63) is 97.5 Å². The summed E-state index contributed by atoms with van der Waals surface area (Å²) >= 11 is 0. The average molecular weight is 659 g/mol. The number of amides is 1. The van der Waals surface area contributed by atoms with Gasteiger partial charge in [-0.1, -0.05) is 45.9 Å². The number of rotatable bonds is 8. The molecule has 0 radical (unpaired) electrons. The summed E-state index contributed by atoms with van der Waals surface area (Å²) in [7, 11) is 1.89. The Morgan fingerprint density at radius 1 is 0.939 bits per heavy atom. The lowest BCUT2D eigenvalue weighted by molar-refractivity contribution is -0.122. The zero-order chi connectivity index (χ0) is 34.8. The van der Waals surface area contributed by atoms with Gasteiger partial charge in [-0.3, -0.25) is 9.59 Å². The van der Waals surface area contributed by atoms with E-state index in [4.69, 9.17) is 0 Å². The van der Waals surface area contributed by atoms with Gasteiger partial charge in [0, 0.05) is 78.6 Å². The molecular formula is C44H56N3O2+. The number of aryl methyl sites for hydroxylation is 2. The summed E-state index contributed by atoms with van der Waals surface area (Å²) in [5.74, 6) is 0.308. The molecule has 4 aliphatic rings. The third-order valence-corrected chi connectivity index (χ3v) is 12.3. The van der Waals surface area contributed by atoms with Gasteiger partial charge in [0.05, 0.1) is 0 Å². The van der Waals surface area contributed by atoms with Crippen molar-refractivity contribution in [2.24, 2.45) is 5.92 Å². The Morgan fingerprint density at radius 2 is 1.67 bits per heavy atom. The highest BCUT2D eigenvalue weighted by Gasteiger charge is 2.41. The van der Waals surface area contributed by atoms with E-state index in [1.165, 1.54) is 68.1 Å². The molecule has 0 saturated heterocycles. The Bertz CT molecular complexity index is 1980. The number of anilines is 1. The second-order valence-electron chi connectivity index (χ2n) is 16.6. The first-order chi connectivity index (χ1) is 23.3. The molecule has 3 heterocycles. The van der Waals surface area contributed by atoms with Gasteiger partial charge in [0.25, 0.3) is 5.91 Å². The van der Waals surface area contributed by atoms with E-state index in [0.29, 0.717) is 19.4 Å². The molecule has 0 aromatic heterocycles. The van der Waals surface area contributed by atoms with Gasteiger partial charge < -0.3 is 9.80 Å². The van der Waals surface area contributed by atoms with Crippen molar-refractivity contribution >= 4 is 23.0 Å². The van der Waals surface area contributed by atoms with Crippen LogP contribution in [0.3, 0.4) is 0 Å². The van der Waals surface area contributed by atoms with Crippen LogP contribution in [0.25, 0.3) is 5.57 Å². The first kappa shape index (κ1) is 33.8. The van der Waals surface area contributed by atoms with Gasteiger partial charge in [-0.05, 0) is 116 Å². The van der Waals surface area contributed by atoms with Crippen molar-refractivity contribution < 1.29 is 9.59 Å². The lowest BCUT2D eigenvalue weighted by Gasteiger charge is -2.46. The van der Waals surface area contributed by atoms with Gasteiger partial charge in [-0.15, -0.1) is 0 Å². The number of fused-ring (bicyclic) bond motifs is 4. The molecule has 5 heteroatoms. The third-order valence-electron chi connectivity index (χ3n) is 12.3. The Labute approximate surface area is 293 Å². The molecule has 0 saturated carbocycles. The number of carbonyl (C=O) groups excluding carboxylic acids is 2. The van der Waals surface area contributed by atoms with Gasteiger partial charge in [-0.25, -0.2) is 4.58 Å². The van der Waals surface area contributed by atoms with Crippen LogP contribution in [0.5, 0.6) is 0 Å². The predicted octanol–water partition coefficient (Wildman–Crippen LogP) is 6.59. The molecule has 7 rings (SSSR count). The second-order valence-corrected chi connectivity index (χ2v) is 16.6. The highest BCUT2D eigenvalue weighted by atomic mass is 16.2. The summed E-state index contributed by atoms with van der Waals surface area (Å²) < 4.78 is 2.66. The normalized spacial score (nSPS) is 18.4. The number of hydrogen-bond donors (Lipinski definition) is 0. The van der Waals surface area contributed by atoms with E-state index < -0.39 is 0 Å². The van der Waals surface area contributed by atoms with Crippen molar-refractivity contribution in [3.8, 4) is 0 Å². The lowest BCUT2D eigenvalue weighted by atomic mass is 9.65. The van der Waals surface area contributed by atoms with Gasteiger partial charge in [0.15, 0.2) is 0 Å². The quantitative estimate of drug-likeness (QED) is 0.257. The minimum atomic E-state index is -0.201. The summed E-state index contributed by atoms with van der Waals surface area (Å²) in [6, 6.07) is 15.9. The third kappa shape index (κ3) is 5.56. The maximum Gasteiger partial charge on any atom is 0.254 e. The molecule has 0 bridgehead atoms. The number of carbonyl (C=O) groups is 2. The SMILES string of the molecule is CCN1c2cc3c(cc2CCC1(C)C)C(c1ccccc1C(=O)N(C)CCCC(=O)C(C)C)=c1cc2c4c(c1C3(C)C)CCC[N+]=4CCC2. The molecule has 258 valence electrons. The smallest absolute Gasteiger partial charge is 0.254 e. The maximum atomic E-state index is 14.4. The minimum Gasteiger partial charge on any atom is -0.366 e. The first-order valence-corrected chi connectivity index (χ1v) is 19.0. The van der Waals surface area contributed by atoms with Crippen molar-refractivity contribution in [3.63, 3.8) is 0 Å². The van der Waals surface area contributed by atoms with Crippen LogP contribution in [-0.4, -0.2) is 55.4 Å². The molecule has 5 nitrogen and oxygen atoms in total. The Kier molecular flexibility index (Phi) is 8.64. The number of Topliss-reactive ketones (excluding diaryl/α,β-unsaturated/α-hetero) is 1. The van der Waals surface area contributed by atoms with Crippen LogP contribution in [0.1, 0.15) is 130 Å². The van der Waals surface area contributed by atoms with E-state index in [1.807, 2.05) is 37.9 Å². The highest BCUT2D eigenvalue weighted by molar-refractivity contribution is 6.02. The van der Waals surface area contributed by atoms with Crippen LogP contribution in [0.15, 0.2) is 42.5 Å². The maximum absolute atomic E-state index is 14.4.